The predicted molar refractivity (Wildman–Crippen MR) is 112 cm³/mol. The van der Waals surface area contributed by atoms with Gasteiger partial charge in [-0.3, -0.25) is 4.57 Å². The number of hydrogen-bond acceptors (Lipinski definition) is 4. The van der Waals surface area contributed by atoms with Crippen molar-refractivity contribution in [1.82, 2.24) is 24.1 Å². The summed E-state index contributed by atoms with van der Waals surface area (Å²) in [7, 11) is 0. The van der Waals surface area contributed by atoms with Gasteiger partial charge in [0, 0.05) is 12.7 Å². The Morgan fingerprint density at radius 1 is 1.10 bits per heavy atom. The fourth-order valence-corrected chi connectivity index (χ4v) is 3.59. The van der Waals surface area contributed by atoms with E-state index in [1.54, 1.807) is 15.3 Å². The van der Waals surface area contributed by atoms with Crippen LogP contribution in [0.4, 0.5) is 0 Å². The van der Waals surface area contributed by atoms with Gasteiger partial charge in [-0.15, -0.1) is 0 Å². The average molecular weight is 385 g/mol. The van der Waals surface area contributed by atoms with Crippen molar-refractivity contribution in [2.75, 3.05) is 0 Å². The molecule has 0 aliphatic rings. The zero-order valence-electron chi connectivity index (χ0n) is 16.1. The van der Waals surface area contributed by atoms with Gasteiger partial charge in [-0.1, -0.05) is 12.1 Å². The van der Waals surface area contributed by atoms with Gasteiger partial charge in [-0.05, 0) is 61.9 Å². The highest BCUT2D eigenvalue weighted by molar-refractivity contribution is 5.75. The van der Waals surface area contributed by atoms with Crippen molar-refractivity contribution in [3.05, 3.63) is 76.8 Å². The highest BCUT2D eigenvalue weighted by Crippen LogP contribution is 2.27. The van der Waals surface area contributed by atoms with Crippen LogP contribution in [0.25, 0.3) is 27.9 Å². The standard InChI is InChI=1S/C22H19N5O2/c1-3-26-18-9-6-12-23-20(18)27(22(26)28)15-10-11-19(14(2)13-15)29-21-24-16-7-4-5-8-17(16)25-21/h4-13H,3H2,1-2H3,(H,24,25). The number of pyridine rings is 1. The first-order valence-electron chi connectivity index (χ1n) is 9.45. The van der Waals surface area contributed by atoms with Gasteiger partial charge >= 0.3 is 5.69 Å². The maximum atomic E-state index is 12.9. The van der Waals surface area contributed by atoms with E-state index in [9.17, 15) is 4.79 Å². The molecule has 3 aromatic heterocycles. The fraction of sp³-hybridized carbons (Fsp3) is 0.136. The second-order valence-corrected chi connectivity index (χ2v) is 6.82. The molecule has 0 saturated heterocycles. The molecule has 7 heteroatoms. The third-order valence-electron chi connectivity index (χ3n) is 5.00. The summed E-state index contributed by atoms with van der Waals surface area (Å²) in [4.78, 5) is 25.0. The molecule has 0 aliphatic carbocycles. The lowest BCUT2D eigenvalue weighted by molar-refractivity contribution is 0.446. The fourth-order valence-electron chi connectivity index (χ4n) is 3.59. The Balaban J connectivity index is 1.56. The van der Waals surface area contributed by atoms with Crippen molar-refractivity contribution in [1.29, 1.82) is 0 Å². The lowest BCUT2D eigenvalue weighted by Gasteiger charge is -2.09. The Bertz CT molecular complexity index is 1380. The van der Waals surface area contributed by atoms with E-state index in [2.05, 4.69) is 15.0 Å². The predicted octanol–water partition coefficient (Wildman–Crippen LogP) is 4.18. The number of H-pyrrole nitrogens is 1. The summed E-state index contributed by atoms with van der Waals surface area (Å²) in [5.41, 5.74) is 4.77. The number of para-hydroxylation sites is 2. The molecular weight excluding hydrogens is 366 g/mol. The monoisotopic (exact) mass is 385 g/mol. The quantitative estimate of drug-likeness (QED) is 0.503. The van der Waals surface area contributed by atoms with Crippen LogP contribution in [-0.4, -0.2) is 24.1 Å². The van der Waals surface area contributed by atoms with Gasteiger partial charge in [0.05, 0.1) is 22.2 Å². The minimum absolute atomic E-state index is 0.105. The van der Waals surface area contributed by atoms with E-state index in [1.165, 1.54) is 0 Å². The van der Waals surface area contributed by atoms with E-state index in [4.69, 9.17) is 4.74 Å². The number of ether oxygens (including phenoxy) is 1. The number of hydrogen-bond donors (Lipinski definition) is 1. The third-order valence-corrected chi connectivity index (χ3v) is 5.00. The smallest absolute Gasteiger partial charge is 0.334 e. The van der Waals surface area contributed by atoms with Crippen molar-refractivity contribution in [2.45, 2.75) is 20.4 Å². The van der Waals surface area contributed by atoms with Gasteiger partial charge in [0.15, 0.2) is 5.65 Å². The molecule has 0 bridgehead atoms. The first kappa shape index (κ1) is 17.2. The average Bonchev–Trinajstić information content (AvgIpc) is 3.26. The van der Waals surface area contributed by atoms with Gasteiger partial charge in [0.25, 0.3) is 6.01 Å². The SMILES string of the molecule is CCn1c(=O)n(-c2ccc(Oc3nc4ccccc4[nH]3)c(C)c2)c2ncccc21. The summed E-state index contributed by atoms with van der Waals surface area (Å²) in [5, 5.41) is 0. The second kappa shape index (κ2) is 6.63. The molecule has 0 spiro atoms. The van der Waals surface area contributed by atoms with Crippen LogP contribution in [0.15, 0.2) is 65.6 Å². The number of benzene rings is 2. The summed E-state index contributed by atoms with van der Waals surface area (Å²) >= 11 is 0. The number of rotatable bonds is 4. The van der Waals surface area contributed by atoms with Gasteiger partial charge < -0.3 is 9.72 Å². The van der Waals surface area contributed by atoms with Gasteiger partial charge in [-0.2, -0.15) is 4.98 Å². The number of aromatic nitrogens is 5. The van der Waals surface area contributed by atoms with Crippen LogP contribution >= 0.6 is 0 Å². The summed E-state index contributed by atoms with van der Waals surface area (Å²) in [6.07, 6.45) is 1.70. The van der Waals surface area contributed by atoms with Crippen molar-refractivity contribution in [3.63, 3.8) is 0 Å². The maximum absolute atomic E-state index is 12.9. The van der Waals surface area contributed by atoms with Crippen LogP contribution in [0.3, 0.4) is 0 Å². The molecule has 0 fully saturated rings. The molecule has 0 radical (unpaired) electrons. The van der Waals surface area contributed by atoms with E-state index in [1.807, 2.05) is 68.4 Å². The molecule has 0 amide bonds. The number of nitrogens with one attached hydrogen (secondary N) is 1. The Kier molecular flexibility index (Phi) is 3.94. The zero-order valence-corrected chi connectivity index (χ0v) is 16.1. The summed E-state index contributed by atoms with van der Waals surface area (Å²) in [5.74, 6) is 0.674. The molecule has 5 rings (SSSR count). The van der Waals surface area contributed by atoms with E-state index in [0.29, 0.717) is 24.0 Å². The molecule has 2 aromatic carbocycles. The van der Waals surface area contributed by atoms with E-state index in [-0.39, 0.29) is 5.69 Å². The number of imidazole rings is 2. The Labute approximate surface area is 166 Å². The highest BCUT2D eigenvalue weighted by atomic mass is 16.5. The first-order valence-corrected chi connectivity index (χ1v) is 9.45. The molecule has 0 saturated carbocycles. The zero-order chi connectivity index (χ0) is 20.0. The van der Waals surface area contributed by atoms with Crippen molar-refractivity contribution < 1.29 is 4.74 Å². The molecule has 29 heavy (non-hydrogen) atoms. The molecular formula is C22H19N5O2. The largest absolute Gasteiger partial charge is 0.425 e. The number of fused-ring (bicyclic) bond motifs is 2. The van der Waals surface area contributed by atoms with Crippen molar-refractivity contribution in [2.24, 2.45) is 0 Å². The van der Waals surface area contributed by atoms with Crippen LogP contribution in [-0.2, 0) is 6.54 Å². The highest BCUT2D eigenvalue weighted by Gasteiger charge is 2.15. The molecule has 0 atom stereocenters. The third kappa shape index (κ3) is 2.79. The molecule has 0 aliphatic heterocycles. The molecule has 5 aromatic rings. The summed E-state index contributed by atoms with van der Waals surface area (Å²) in [6, 6.07) is 17.6. The van der Waals surface area contributed by atoms with E-state index < -0.39 is 0 Å². The van der Waals surface area contributed by atoms with Crippen LogP contribution < -0.4 is 10.4 Å². The molecule has 7 nitrogen and oxygen atoms in total. The maximum Gasteiger partial charge on any atom is 0.334 e. The Hall–Kier alpha value is -3.87. The minimum atomic E-state index is -0.105. The topological polar surface area (TPSA) is 77.7 Å². The van der Waals surface area contributed by atoms with Crippen LogP contribution in [0.2, 0.25) is 0 Å². The molecule has 144 valence electrons. The lowest BCUT2D eigenvalue weighted by Crippen LogP contribution is -2.22. The number of aryl methyl sites for hydroxylation is 2. The van der Waals surface area contributed by atoms with Crippen LogP contribution in [0, 0.1) is 6.92 Å². The van der Waals surface area contributed by atoms with Gasteiger partial charge in [0.2, 0.25) is 0 Å². The van der Waals surface area contributed by atoms with E-state index in [0.717, 1.165) is 27.8 Å². The summed E-state index contributed by atoms with van der Waals surface area (Å²) in [6.45, 7) is 4.48. The first-order chi connectivity index (χ1) is 14.2. The minimum Gasteiger partial charge on any atom is -0.425 e. The van der Waals surface area contributed by atoms with Crippen molar-refractivity contribution in [3.8, 4) is 17.4 Å². The molecule has 0 unspecified atom stereocenters. The lowest BCUT2D eigenvalue weighted by atomic mass is 10.2. The van der Waals surface area contributed by atoms with Gasteiger partial charge in [-0.25, -0.2) is 14.3 Å². The Morgan fingerprint density at radius 2 is 1.97 bits per heavy atom. The van der Waals surface area contributed by atoms with Crippen LogP contribution in [0.5, 0.6) is 11.8 Å². The molecule has 1 N–H and O–H groups in total. The van der Waals surface area contributed by atoms with Crippen molar-refractivity contribution >= 4 is 22.2 Å². The van der Waals surface area contributed by atoms with Crippen LogP contribution in [0.1, 0.15) is 12.5 Å². The number of aromatic amines is 1. The second-order valence-electron chi connectivity index (χ2n) is 6.82. The van der Waals surface area contributed by atoms with E-state index >= 15 is 0 Å². The summed E-state index contributed by atoms with van der Waals surface area (Å²) < 4.78 is 9.31. The number of nitrogens with zero attached hydrogens (tertiary/aromatic N) is 4. The normalized spacial score (nSPS) is 11.4. The molecule has 3 heterocycles. The Morgan fingerprint density at radius 3 is 2.76 bits per heavy atom. The van der Waals surface area contributed by atoms with Gasteiger partial charge in [0.1, 0.15) is 5.75 Å².